The minimum Gasteiger partial charge on any atom is -0.497 e. The van der Waals surface area contributed by atoms with Gasteiger partial charge in [0.1, 0.15) is 18.0 Å². The van der Waals surface area contributed by atoms with E-state index in [-0.39, 0.29) is 19.0 Å². The molecule has 0 atom stereocenters. The molecule has 29 heavy (non-hydrogen) atoms. The molecule has 8 heteroatoms. The molecule has 0 fully saturated rings. The predicted octanol–water partition coefficient (Wildman–Crippen LogP) is 2.92. The number of thioether (sulfide) groups is 1. The Bertz CT molecular complexity index is 779. The number of rotatable bonds is 11. The zero-order valence-electron chi connectivity index (χ0n) is 16.9. The van der Waals surface area contributed by atoms with Crippen molar-refractivity contribution in [2.45, 2.75) is 18.7 Å². The third-order valence-corrected chi connectivity index (χ3v) is 5.11. The van der Waals surface area contributed by atoms with Gasteiger partial charge in [0.2, 0.25) is 5.91 Å². The molecule has 2 aromatic rings. The molecule has 0 saturated carbocycles. The van der Waals surface area contributed by atoms with Crippen molar-refractivity contribution in [1.82, 2.24) is 9.88 Å². The van der Waals surface area contributed by atoms with Crippen molar-refractivity contribution in [2.24, 2.45) is 0 Å². The van der Waals surface area contributed by atoms with Gasteiger partial charge in [-0.3, -0.25) is 14.6 Å². The van der Waals surface area contributed by atoms with E-state index >= 15 is 0 Å². The van der Waals surface area contributed by atoms with E-state index in [4.69, 9.17) is 14.2 Å². The van der Waals surface area contributed by atoms with E-state index in [1.807, 2.05) is 30.3 Å². The van der Waals surface area contributed by atoms with E-state index in [1.54, 1.807) is 38.2 Å². The monoisotopic (exact) mass is 418 g/mol. The van der Waals surface area contributed by atoms with Crippen molar-refractivity contribution in [2.75, 3.05) is 33.6 Å². The highest BCUT2D eigenvalue weighted by Crippen LogP contribution is 2.24. The van der Waals surface area contributed by atoms with Crippen LogP contribution in [0.25, 0.3) is 0 Å². The molecule has 0 unspecified atom stereocenters. The van der Waals surface area contributed by atoms with Crippen LogP contribution in [0.5, 0.6) is 11.5 Å². The summed E-state index contributed by atoms with van der Waals surface area (Å²) in [5, 5.41) is 0. The maximum Gasteiger partial charge on any atom is 0.325 e. The molecule has 0 aliphatic heterocycles. The summed E-state index contributed by atoms with van der Waals surface area (Å²) in [5.74, 6) is 2.03. The van der Waals surface area contributed by atoms with Crippen LogP contribution < -0.4 is 9.47 Å². The third-order valence-electron chi connectivity index (χ3n) is 4.12. The van der Waals surface area contributed by atoms with Crippen molar-refractivity contribution in [3.63, 3.8) is 0 Å². The largest absolute Gasteiger partial charge is 0.497 e. The number of aromatic nitrogens is 1. The summed E-state index contributed by atoms with van der Waals surface area (Å²) in [6.07, 6.45) is 2.07. The van der Waals surface area contributed by atoms with Crippen molar-refractivity contribution < 1.29 is 23.8 Å². The minimum atomic E-state index is -0.464. The Kier molecular flexibility index (Phi) is 9.30. The first-order chi connectivity index (χ1) is 14.0. The van der Waals surface area contributed by atoms with Crippen molar-refractivity contribution in [1.29, 1.82) is 0 Å². The normalized spacial score (nSPS) is 10.3. The van der Waals surface area contributed by atoms with Gasteiger partial charge in [-0.1, -0.05) is 6.07 Å². The topological polar surface area (TPSA) is 78.0 Å². The molecule has 0 bridgehead atoms. The molecule has 0 spiro atoms. The number of amides is 1. The second-order valence-electron chi connectivity index (χ2n) is 6.17. The second kappa shape index (κ2) is 12.0. The smallest absolute Gasteiger partial charge is 0.325 e. The summed E-state index contributed by atoms with van der Waals surface area (Å²) in [6, 6.07) is 11.1. The number of carbonyl (C=O) groups excluding carboxylic acids is 2. The van der Waals surface area contributed by atoms with Gasteiger partial charge in [0.05, 0.1) is 27.0 Å². The second-order valence-corrected chi connectivity index (χ2v) is 7.28. The molecule has 156 valence electrons. The van der Waals surface area contributed by atoms with E-state index in [2.05, 4.69) is 4.98 Å². The average Bonchev–Trinajstić information content (AvgIpc) is 2.76. The van der Waals surface area contributed by atoms with Gasteiger partial charge >= 0.3 is 5.97 Å². The number of esters is 1. The molecule has 1 aromatic heterocycles. The lowest BCUT2D eigenvalue weighted by molar-refractivity contribution is -0.147. The minimum absolute atomic E-state index is 0.111. The Balaban J connectivity index is 1.99. The molecule has 0 aliphatic rings. The van der Waals surface area contributed by atoms with Crippen molar-refractivity contribution >= 4 is 23.6 Å². The van der Waals surface area contributed by atoms with Gasteiger partial charge in [-0.2, -0.15) is 11.8 Å². The van der Waals surface area contributed by atoms with E-state index in [0.29, 0.717) is 23.7 Å². The molecule has 2 rings (SSSR count). The first kappa shape index (κ1) is 22.5. The van der Waals surface area contributed by atoms with Crippen LogP contribution >= 0.6 is 11.8 Å². The van der Waals surface area contributed by atoms with E-state index in [0.717, 1.165) is 17.0 Å². The fourth-order valence-corrected chi connectivity index (χ4v) is 3.45. The van der Waals surface area contributed by atoms with Crippen molar-refractivity contribution in [3.8, 4) is 11.5 Å². The summed E-state index contributed by atoms with van der Waals surface area (Å²) in [5.41, 5.74) is 1.78. The van der Waals surface area contributed by atoms with Gasteiger partial charge in [0.25, 0.3) is 0 Å². The highest BCUT2D eigenvalue weighted by molar-refractivity contribution is 7.98. The highest BCUT2D eigenvalue weighted by atomic mass is 32.2. The first-order valence-electron chi connectivity index (χ1n) is 9.10. The lowest BCUT2D eigenvalue weighted by Crippen LogP contribution is -2.36. The van der Waals surface area contributed by atoms with Crippen LogP contribution in [0.15, 0.2) is 42.6 Å². The van der Waals surface area contributed by atoms with Crippen molar-refractivity contribution in [3.05, 3.63) is 53.9 Å². The number of carbonyl (C=O) groups is 2. The fourth-order valence-electron chi connectivity index (χ4n) is 2.61. The van der Waals surface area contributed by atoms with Crippen LogP contribution in [-0.2, 0) is 26.6 Å². The summed E-state index contributed by atoms with van der Waals surface area (Å²) in [7, 11) is 4.44. The van der Waals surface area contributed by atoms with Crippen LogP contribution in [0.2, 0.25) is 0 Å². The Labute approximate surface area is 175 Å². The Morgan fingerprint density at radius 3 is 2.38 bits per heavy atom. The molecular formula is C21H26N2O5S. The molecule has 0 aliphatic carbocycles. The molecule has 1 heterocycles. The maximum absolute atomic E-state index is 12.7. The van der Waals surface area contributed by atoms with Gasteiger partial charge in [0, 0.05) is 36.7 Å². The molecule has 0 saturated heterocycles. The summed E-state index contributed by atoms with van der Waals surface area (Å²) < 4.78 is 15.3. The van der Waals surface area contributed by atoms with Crippen LogP contribution in [0.1, 0.15) is 17.7 Å². The first-order valence-corrected chi connectivity index (χ1v) is 10.3. The highest BCUT2D eigenvalue weighted by Gasteiger charge is 2.18. The van der Waals surface area contributed by atoms with Gasteiger partial charge in [-0.05, 0) is 29.8 Å². The third kappa shape index (κ3) is 7.65. The number of pyridine rings is 1. The van der Waals surface area contributed by atoms with E-state index in [9.17, 15) is 9.59 Å². The number of nitrogens with zero attached hydrogens (tertiary/aromatic N) is 2. The summed E-state index contributed by atoms with van der Waals surface area (Å²) in [4.78, 5) is 30.3. The quantitative estimate of drug-likeness (QED) is 0.410. The Hall–Kier alpha value is -2.74. The molecule has 1 amide bonds. The van der Waals surface area contributed by atoms with E-state index in [1.165, 1.54) is 12.0 Å². The fraction of sp³-hybridized carbons (Fsp3) is 0.381. The Morgan fingerprint density at radius 1 is 1.07 bits per heavy atom. The summed E-state index contributed by atoms with van der Waals surface area (Å²) in [6.45, 7) is 0.145. The number of hydrogen-bond acceptors (Lipinski definition) is 7. The molecule has 0 N–H and O–H groups in total. The lowest BCUT2D eigenvalue weighted by atomic mass is 10.1. The molecule has 7 nitrogen and oxygen atoms in total. The zero-order valence-corrected chi connectivity index (χ0v) is 17.7. The zero-order chi connectivity index (χ0) is 21.1. The SMILES string of the molecule is COC(=O)CN(Cc1cc(OC)cc(OC)c1)C(=O)CCSCc1ccccn1. The van der Waals surface area contributed by atoms with Gasteiger partial charge in [0.15, 0.2) is 0 Å². The van der Waals surface area contributed by atoms with Crippen LogP contribution in [0.4, 0.5) is 0 Å². The standard InChI is InChI=1S/C21H26N2O5S/c1-26-18-10-16(11-19(12-18)27-2)13-23(14-21(25)28-3)20(24)7-9-29-15-17-6-4-5-8-22-17/h4-6,8,10-12H,7,9,13-15H2,1-3H3. The van der Waals surface area contributed by atoms with Gasteiger partial charge in [-0.25, -0.2) is 0 Å². The van der Waals surface area contributed by atoms with Crippen LogP contribution in [-0.4, -0.2) is 55.4 Å². The van der Waals surface area contributed by atoms with Crippen LogP contribution in [0, 0.1) is 0 Å². The van der Waals surface area contributed by atoms with Crippen LogP contribution in [0.3, 0.4) is 0 Å². The molecular weight excluding hydrogens is 392 g/mol. The number of hydrogen-bond donors (Lipinski definition) is 0. The molecule has 0 radical (unpaired) electrons. The van der Waals surface area contributed by atoms with E-state index < -0.39 is 5.97 Å². The number of ether oxygens (including phenoxy) is 3. The Morgan fingerprint density at radius 2 is 1.79 bits per heavy atom. The lowest BCUT2D eigenvalue weighted by Gasteiger charge is -2.22. The molecule has 1 aromatic carbocycles. The number of methoxy groups -OCH3 is 3. The van der Waals surface area contributed by atoms with Gasteiger partial charge < -0.3 is 19.1 Å². The predicted molar refractivity (Wildman–Crippen MR) is 112 cm³/mol. The summed E-state index contributed by atoms with van der Waals surface area (Å²) >= 11 is 1.63. The number of benzene rings is 1. The van der Waals surface area contributed by atoms with Gasteiger partial charge in [-0.15, -0.1) is 0 Å². The maximum atomic E-state index is 12.7. The average molecular weight is 419 g/mol.